The maximum atomic E-state index is 12.3. The summed E-state index contributed by atoms with van der Waals surface area (Å²) in [5.41, 5.74) is 5.98. The molecule has 0 atom stereocenters. The van der Waals surface area contributed by atoms with Crippen LogP contribution in [0.15, 0.2) is 22.7 Å². The van der Waals surface area contributed by atoms with E-state index in [4.69, 9.17) is 10.8 Å². The van der Waals surface area contributed by atoms with E-state index in [2.05, 4.69) is 15.9 Å². The molecule has 0 saturated heterocycles. The highest BCUT2D eigenvalue weighted by Gasteiger charge is 2.21. The minimum absolute atomic E-state index is 0.137. The Morgan fingerprint density at radius 2 is 2.17 bits per heavy atom. The van der Waals surface area contributed by atoms with Gasteiger partial charge in [-0.05, 0) is 18.2 Å². The number of nitrogens with two attached hydrogens (primary N) is 1. The number of nitrogens with zero attached hydrogens (tertiary/aromatic N) is 1. The zero-order valence-corrected chi connectivity index (χ0v) is 11.0. The van der Waals surface area contributed by atoms with Crippen LogP contribution in [0, 0.1) is 0 Å². The van der Waals surface area contributed by atoms with E-state index in [0.29, 0.717) is 4.47 Å². The quantitative estimate of drug-likeness (QED) is 0.811. The fourth-order valence-electron chi connectivity index (χ4n) is 1.45. The van der Waals surface area contributed by atoms with Gasteiger partial charge in [0.05, 0.1) is 18.7 Å². The van der Waals surface area contributed by atoms with Crippen LogP contribution in [0.5, 0.6) is 0 Å². The van der Waals surface area contributed by atoms with Crippen LogP contribution in [0.4, 0.5) is 14.5 Å². The van der Waals surface area contributed by atoms with Crippen molar-refractivity contribution in [2.24, 2.45) is 0 Å². The van der Waals surface area contributed by atoms with E-state index >= 15 is 0 Å². The third-order valence-corrected chi connectivity index (χ3v) is 2.75. The van der Waals surface area contributed by atoms with E-state index in [1.807, 2.05) is 0 Å². The summed E-state index contributed by atoms with van der Waals surface area (Å²) in [4.78, 5) is 12.9. The van der Waals surface area contributed by atoms with Crippen molar-refractivity contribution >= 4 is 27.5 Å². The lowest BCUT2D eigenvalue weighted by Gasteiger charge is -2.22. The van der Waals surface area contributed by atoms with E-state index in [9.17, 15) is 13.6 Å². The van der Waals surface area contributed by atoms with Crippen LogP contribution in [-0.4, -0.2) is 42.0 Å². The van der Waals surface area contributed by atoms with Gasteiger partial charge in [-0.15, -0.1) is 0 Å². The van der Waals surface area contributed by atoms with Crippen molar-refractivity contribution in [1.29, 1.82) is 0 Å². The number of amides is 1. The molecule has 0 saturated carbocycles. The van der Waals surface area contributed by atoms with Crippen molar-refractivity contribution in [3.05, 3.63) is 28.2 Å². The largest absolute Gasteiger partial charge is 0.398 e. The van der Waals surface area contributed by atoms with Gasteiger partial charge >= 0.3 is 0 Å². The van der Waals surface area contributed by atoms with E-state index in [1.54, 1.807) is 6.07 Å². The van der Waals surface area contributed by atoms with Crippen LogP contribution in [-0.2, 0) is 0 Å². The van der Waals surface area contributed by atoms with Gasteiger partial charge in [0.2, 0.25) is 0 Å². The Labute approximate surface area is 112 Å². The fourth-order valence-corrected chi connectivity index (χ4v) is 1.81. The molecule has 0 spiro atoms. The lowest BCUT2D eigenvalue weighted by molar-refractivity contribution is 0.0510. The number of benzene rings is 1. The first-order valence-electron chi connectivity index (χ1n) is 5.19. The Kier molecular flexibility index (Phi) is 5.49. The van der Waals surface area contributed by atoms with Crippen molar-refractivity contribution in [1.82, 2.24) is 4.90 Å². The Morgan fingerprint density at radius 3 is 2.72 bits per heavy atom. The summed E-state index contributed by atoms with van der Waals surface area (Å²) in [5.74, 6) is -0.622. The van der Waals surface area contributed by atoms with Crippen molar-refractivity contribution < 1.29 is 18.7 Å². The molecule has 0 aliphatic carbocycles. The monoisotopic (exact) mass is 322 g/mol. The molecule has 0 bridgehead atoms. The van der Waals surface area contributed by atoms with Crippen molar-refractivity contribution in [3.8, 4) is 0 Å². The first kappa shape index (κ1) is 14.8. The zero-order valence-electron chi connectivity index (χ0n) is 9.44. The number of anilines is 1. The lowest BCUT2D eigenvalue weighted by Crippen LogP contribution is -2.37. The van der Waals surface area contributed by atoms with Gasteiger partial charge in [-0.3, -0.25) is 4.79 Å². The van der Waals surface area contributed by atoms with Crippen molar-refractivity contribution in [2.75, 3.05) is 25.4 Å². The molecule has 7 heteroatoms. The number of rotatable bonds is 5. The van der Waals surface area contributed by atoms with Gasteiger partial charge in [0.1, 0.15) is 0 Å². The summed E-state index contributed by atoms with van der Waals surface area (Å²) >= 11 is 3.18. The van der Waals surface area contributed by atoms with Crippen LogP contribution < -0.4 is 5.73 Å². The van der Waals surface area contributed by atoms with Gasteiger partial charge in [0, 0.05) is 16.7 Å². The smallest absolute Gasteiger partial charge is 0.256 e. The molecule has 1 aromatic rings. The van der Waals surface area contributed by atoms with Gasteiger partial charge in [0.15, 0.2) is 0 Å². The van der Waals surface area contributed by atoms with Gasteiger partial charge in [-0.25, -0.2) is 8.78 Å². The second kappa shape index (κ2) is 6.65. The first-order valence-corrected chi connectivity index (χ1v) is 5.98. The van der Waals surface area contributed by atoms with Gasteiger partial charge in [-0.2, -0.15) is 0 Å². The number of hydrogen-bond donors (Lipinski definition) is 2. The Bertz CT molecular complexity index is 430. The minimum atomic E-state index is -2.66. The number of alkyl halides is 2. The number of carbonyl (C=O) groups excluding carboxylic acids is 1. The van der Waals surface area contributed by atoms with Crippen LogP contribution in [0.3, 0.4) is 0 Å². The molecule has 0 aromatic heterocycles. The summed E-state index contributed by atoms with van der Waals surface area (Å²) in [5, 5.41) is 8.79. The second-order valence-corrected chi connectivity index (χ2v) is 4.51. The number of aliphatic hydroxyl groups excluding tert-OH is 1. The minimum Gasteiger partial charge on any atom is -0.398 e. The molecule has 1 aromatic carbocycles. The standard InChI is InChI=1S/C11H13BrF2N2O2/c12-7-1-2-9(15)8(5-7)11(18)16(3-4-17)6-10(13)14/h1-2,5,10,17H,3-4,6,15H2. The molecular formula is C11H13BrF2N2O2. The van der Waals surface area contributed by atoms with Gasteiger partial charge in [-0.1, -0.05) is 15.9 Å². The average Bonchev–Trinajstić information content (AvgIpc) is 2.30. The summed E-state index contributed by atoms with van der Waals surface area (Å²) in [6.45, 7) is -1.27. The highest BCUT2D eigenvalue weighted by atomic mass is 79.9. The van der Waals surface area contributed by atoms with E-state index in [1.165, 1.54) is 12.1 Å². The van der Waals surface area contributed by atoms with E-state index < -0.39 is 18.9 Å². The predicted molar refractivity (Wildman–Crippen MR) is 67.5 cm³/mol. The van der Waals surface area contributed by atoms with Crippen molar-refractivity contribution in [2.45, 2.75) is 6.43 Å². The molecule has 1 amide bonds. The molecule has 0 fully saturated rings. The Hall–Kier alpha value is -1.21. The molecule has 1 rings (SSSR count). The lowest BCUT2D eigenvalue weighted by atomic mass is 10.1. The average molecular weight is 323 g/mol. The van der Waals surface area contributed by atoms with Crippen LogP contribution in [0.25, 0.3) is 0 Å². The Morgan fingerprint density at radius 1 is 1.50 bits per heavy atom. The number of aliphatic hydroxyl groups is 1. The zero-order chi connectivity index (χ0) is 13.7. The topological polar surface area (TPSA) is 66.6 Å². The molecule has 100 valence electrons. The molecule has 4 nitrogen and oxygen atoms in total. The summed E-state index contributed by atoms with van der Waals surface area (Å²) in [7, 11) is 0. The highest BCUT2D eigenvalue weighted by Crippen LogP contribution is 2.20. The molecule has 0 heterocycles. The van der Waals surface area contributed by atoms with Gasteiger partial charge < -0.3 is 15.7 Å². The predicted octanol–water partition coefficient (Wildman–Crippen LogP) is 1.73. The first-order chi connectivity index (χ1) is 8.45. The van der Waals surface area contributed by atoms with Crippen LogP contribution >= 0.6 is 15.9 Å². The number of halogens is 3. The third-order valence-electron chi connectivity index (χ3n) is 2.26. The normalized spacial score (nSPS) is 10.7. The maximum absolute atomic E-state index is 12.3. The molecule has 0 aliphatic rings. The second-order valence-electron chi connectivity index (χ2n) is 3.60. The molecule has 3 N–H and O–H groups in total. The van der Waals surface area contributed by atoms with E-state index in [0.717, 1.165) is 4.90 Å². The maximum Gasteiger partial charge on any atom is 0.256 e. The number of nitrogen functional groups attached to an aromatic ring is 1. The Balaban J connectivity index is 2.97. The van der Waals surface area contributed by atoms with E-state index in [-0.39, 0.29) is 24.4 Å². The van der Waals surface area contributed by atoms with Gasteiger partial charge in [0.25, 0.3) is 12.3 Å². The van der Waals surface area contributed by atoms with Crippen LogP contribution in [0.2, 0.25) is 0 Å². The highest BCUT2D eigenvalue weighted by molar-refractivity contribution is 9.10. The molecule has 0 aliphatic heterocycles. The summed E-state index contributed by atoms with van der Waals surface area (Å²) < 4.78 is 25.3. The SMILES string of the molecule is Nc1ccc(Br)cc1C(=O)N(CCO)CC(F)F. The number of carbonyl (C=O) groups is 1. The summed E-state index contributed by atoms with van der Waals surface area (Å²) in [6, 6.07) is 4.62. The molecule has 0 radical (unpaired) electrons. The third kappa shape index (κ3) is 3.92. The molecule has 0 unspecified atom stereocenters. The van der Waals surface area contributed by atoms with Crippen LogP contribution in [0.1, 0.15) is 10.4 Å². The van der Waals surface area contributed by atoms with Crippen molar-refractivity contribution in [3.63, 3.8) is 0 Å². The fraction of sp³-hybridized carbons (Fsp3) is 0.364. The molecular weight excluding hydrogens is 310 g/mol. The number of hydrogen-bond acceptors (Lipinski definition) is 3. The molecule has 18 heavy (non-hydrogen) atoms. The summed E-state index contributed by atoms with van der Waals surface area (Å²) in [6.07, 6.45) is -2.66.